The van der Waals surface area contributed by atoms with Crippen molar-refractivity contribution in [3.05, 3.63) is 49.6 Å². The molecule has 2 rings (SSSR count). The Kier molecular flexibility index (Phi) is 4.21. The Morgan fingerprint density at radius 2 is 1.83 bits per heavy atom. The third-order valence-electron chi connectivity index (χ3n) is 3.04. The summed E-state index contributed by atoms with van der Waals surface area (Å²) in [7, 11) is 0. The molecule has 0 bridgehead atoms. The van der Waals surface area contributed by atoms with Crippen molar-refractivity contribution < 1.29 is 0 Å². The first kappa shape index (κ1) is 13.7. The van der Waals surface area contributed by atoms with Crippen LogP contribution in [-0.4, -0.2) is 0 Å². The van der Waals surface area contributed by atoms with Crippen molar-refractivity contribution in [1.29, 1.82) is 0 Å². The zero-order valence-electron chi connectivity index (χ0n) is 10.6. The molecule has 0 aliphatic carbocycles. The number of thiophene rings is 1. The van der Waals surface area contributed by atoms with Gasteiger partial charge in [-0.15, -0.1) is 11.3 Å². The Morgan fingerprint density at radius 1 is 1.11 bits per heavy atom. The quantitative estimate of drug-likeness (QED) is 0.750. The minimum absolute atomic E-state index is 0.142. The molecule has 18 heavy (non-hydrogen) atoms. The minimum atomic E-state index is 0.142. The van der Waals surface area contributed by atoms with Crippen LogP contribution in [0.2, 0.25) is 8.67 Å². The van der Waals surface area contributed by atoms with E-state index in [0.717, 1.165) is 19.9 Å². The maximum absolute atomic E-state index is 6.16. The molecule has 4 heteroatoms. The van der Waals surface area contributed by atoms with Crippen LogP contribution in [-0.2, 0) is 0 Å². The van der Waals surface area contributed by atoms with Crippen LogP contribution >= 0.6 is 34.5 Å². The van der Waals surface area contributed by atoms with Gasteiger partial charge in [-0.25, -0.2) is 0 Å². The molecule has 1 nitrogen and oxygen atoms in total. The largest absolute Gasteiger partial charge is 0.378 e. The number of halogens is 2. The van der Waals surface area contributed by atoms with Gasteiger partial charge < -0.3 is 5.32 Å². The summed E-state index contributed by atoms with van der Waals surface area (Å²) in [6.45, 7) is 6.30. The standard InChI is InChI=1S/C14H15Cl2NS/c1-8-4-5-11(6-9(8)2)17-10(3)12-7-13(15)18-14(12)16/h4-7,10,17H,1-3H3. The van der Waals surface area contributed by atoms with Gasteiger partial charge in [0.2, 0.25) is 0 Å². The summed E-state index contributed by atoms with van der Waals surface area (Å²) in [5, 5.41) is 3.44. The number of hydrogen-bond donors (Lipinski definition) is 1. The van der Waals surface area contributed by atoms with E-state index in [9.17, 15) is 0 Å². The Bertz CT molecular complexity index is 563. The maximum Gasteiger partial charge on any atom is 0.0996 e. The van der Waals surface area contributed by atoms with Crippen LogP contribution in [0.25, 0.3) is 0 Å². The molecule has 96 valence electrons. The Hall–Kier alpha value is -0.700. The van der Waals surface area contributed by atoms with Gasteiger partial charge in [0.15, 0.2) is 0 Å². The van der Waals surface area contributed by atoms with Crippen molar-refractivity contribution in [2.75, 3.05) is 5.32 Å². The van der Waals surface area contributed by atoms with E-state index in [0.29, 0.717) is 0 Å². The highest BCUT2D eigenvalue weighted by Crippen LogP contribution is 2.36. The highest BCUT2D eigenvalue weighted by Gasteiger charge is 2.13. The van der Waals surface area contributed by atoms with Crippen LogP contribution in [0.15, 0.2) is 24.3 Å². The summed E-state index contributed by atoms with van der Waals surface area (Å²) in [6, 6.07) is 8.41. The molecule has 0 saturated heterocycles. The molecule has 1 N–H and O–H groups in total. The molecular weight excluding hydrogens is 285 g/mol. The van der Waals surface area contributed by atoms with E-state index >= 15 is 0 Å². The molecule has 1 aromatic heterocycles. The van der Waals surface area contributed by atoms with Crippen molar-refractivity contribution in [1.82, 2.24) is 0 Å². The third kappa shape index (κ3) is 3.00. The SMILES string of the molecule is Cc1ccc(NC(C)c2cc(Cl)sc2Cl)cc1C. The van der Waals surface area contributed by atoms with Crippen molar-refractivity contribution >= 4 is 40.2 Å². The van der Waals surface area contributed by atoms with Gasteiger partial charge in [-0.1, -0.05) is 29.3 Å². The molecule has 1 aromatic carbocycles. The molecule has 0 aliphatic heterocycles. The molecule has 0 aliphatic rings. The minimum Gasteiger partial charge on any atom is -0.378 e. The fraction of sp³-hybridized carbons (Fsp3) is 0.286. The van der Waals surface area contributed by atoms with E-state index in [1.165, 1.54) is 22.5 Å². The first-order valence-electron chi connectivity index (χ1n) is 5.76. The molecule has 1 atom stereocenters. The second kappa shape index (κ2) is 5.52. The van der Waals surface area contributed by atoms with Gasteiger partial charge in [-0.2, -0.15) is 0 Å². The van der Waals surface area contributed by atoms with Gasteiger partial charge in [-0.05, 0) is 50.1 Å². The average Bonchev–Trinajstić information content (AvgIpc) is 2.63. The fourth-order valence-corrected chi connectivity index (χ4v) is 3.45. The summed E-state index contributed by atoms with van der Waals surface area (Å²) in [5.41, 5.74) is 4.72. The Morgan fingerprint density at radius 3 is 2.39 bits per heavy atom. The summed E-state index contributed by atoms with van der Waals surface area (Å²) < 4.78 is 1.48. The van der Waals surface area contributed by atoms with Crippen molar-refractivity contribution in [2.24, 2.45) is 0 Å². The van der Waals surface area contributed by atoms with E-state index in [-0.39, 0.29) is 6.04 Å². The lowest BCUT2D eigenvalue weighted by atomic mass is 10.1. The number of hydrogen-bond acceptors (Lipinski definition) is 2. The highest BCUT2D eigenvalue weighted by atomic mass is 35.5. The van der Waals surface area contributed by atoms with E-state index < -0.39 is 0 Å². The molecule has 1 heterocycles. The summed E-state index contributed by atoms with van der Waals surface area (Å²) >= 11 is 13.5. The number of nitrogens with one attached hydrogen (secondary N) is 1. The lowest BCUT2D eigenvalue weighted by Gasteiger charge is -2.15. The van der Waals surface area contributed by atoms with Gasteiger partial charge in [0.05, 0.1) is 14.7 Å². The van der Waals surface area contributed by atoms with Gasteiger partial charge in [0.25, 0.3) is 0 Å². The van der Waals surface area contributed by atoms with Crippen molar-refractivity contribution in [3.8, 4) is 0 Å². The van der Waals surface area contributed by atoms with Gasteiger partial charge in [0, 0.05) is 11.3 Å². The number of rotatable bonds is 3. The molecule has 1 unspecified atom stereocenters. The van der Waals surface area contributed by atoms with Crippen molar-refractivity contribution in [3.63, 3.8) is 0 Å². The third-order valence-corrected chi connectivity index (χ3v) is 4.56. The highest BCUT2D eigenvalue weighted by molar-refractivity contribution is 7.20. The van der Waals surface area contributed by atoms with E-state index in [1.807, 2.05) is 6.07 Å². The number of benzene rings is 1. The summed E-state index contributed by atoms with van der Waals surface area (Å²) in [5.74, 6) is 0. The molecule has 2 aromatic rings. The van der Waals surface area contributed by atoms with Gasteiger partial charge >= 0.3 is 0 Å². The van der Waals surface area contributed by atoms with E-state index in [1.54, 1.807) is 0 Å². The average molecular weight is 300 g/mol. The molecule has 0 saturated carbocycles. The lowest BCUT2D eigenvalue weighted by molar-refractivity contribution is 0.890. The second-order valence-electron chi connectivity index (χ2n) is 4.44. The second-order valence-corrected chi connectivity index (χ2v) is 6.73. The lowest BCUT2D eigenvalue weighted by Crippen LogP contribution is -2.06. The zero-order valence-corrected chi connectivity index (χ0v) is 12.9. The molecular formula is C14H15Cl2NS. The molecule has 0 fully saturated rings. The van der Waals surface area contributed by atoms with Crippen LogP contribution < -0.4 is 5.32 Å². The van der Waals surface area contributed by atoms with Crippen molar-refractivity contribution in [2.45, 2.75) is 26.8 Å². The van der Waals surface area contributed by atoms with Gasteiger partial charge in [-0.3, -0.25) is 0 Å². The predicted molar refractivity (Wildman–Crippen MR) is 82.3 cm³/mol. The van der Waals surface area contributed by atoms with Crippen LogP contribution in [0.1, 0.15) is 29.7 Å². The molecule has 0 radical (unpaired) electrons. The Labute approximate surface area is 122 Å². The molecule has 0 amide bonds. The number of anilines is 1. The number of aryl methyl sites for hydroxylation is 2. The van der Waals surface area contributed by atoms with Crippen LogP contribution in [0.4, 0.5) is 5.69 Å². The van der Waals surface area contributed by atoms with Crippen LogP contribution in [0, 0.1) is 13.8 Å². The van der Waals surface area contributed by atoms with E-state index in [4.69, 9.17) is 23.2 Å². The fourth-order valence-electron chi connectivity index (χ4n) is 1.81. The monoisotopic (exact) mass is 299 g/mol. The summed E-state index contributed by atoms with van der Waals surface area (Å²) in [4.78, 5) is 0. The maximum atomic E-state index is 6.16. The smallest absolute Gasteiger partial charge is 0.0996 e. The first-order valence-corrected chi connectivity index (χ1v) is 7.33. The zero-order chi connectivity index (χ0) is 13.3. The predicted octanol–water partition coefficient (Wildman–Crippen LogP) is 5.84. The first-order chi connectivity index (χ1) is 8.47. The topological polar surface area (TPSA) is 12.0 Å². The normalized spacial score (nSPS) is 12.5. The van der Waals surface area contributed by atoms with Crippen LogP contribution in [0.3, 0.4) is 0 Å². The van der Waals surface area contributed by atoms with E-state index in [2.05, 4.69) is 44.3 Å². The summed E-state index contributed by atoms with van der Waals surface area (Å²) in [6.07, 6.45) is 0. The van der Waals surface area contributed by atoms with Crippen LogP contribution in [0.5, 0.6) is 0 Å². The van der Waals surface area contributed by atoms with Gasteiger partial charge in [0.1, 0.15) is 0 Å². The Balaban J connectivity index is 2.18. The molecule has 0 spiro atoms.